The zero-order valence-corrected chi connectivity index (χ0v) is 14.3. The molecule has 25 heavy (non-hydrogen) atoms. The summed E-state index contributed by atoms with van der Waals surface area (Å²) in [5, 5.41) is 8.28. The second kappa shape index (κ2) is 6.31. The molecule has 0 amide bonds. The number of rotatable bonds is 3. The number of aromatic amines is 1. The summed E-state index contributed by atoms with van der Waals surface area (Å²) in [5.74, 6) is 1.47. The first-order chi connectivity index (χ1) is 12.1. The molecule has 0 spiro atoms. The van der Waals surface area contributed by atoms with E-state index < -0.39 is 0 Å². The van der Waals surface area contributed by atoms with Gasteiger partial charge in [0.1, 0.15) is 11.6 Å². The molecule has 1 N–H and O–H groups in total. The first-order valence-electron chi connectivity index (χ1n) is 8.47. The summed E-state index contributed by atoms with van der Waals surface area (Å²) in [6.45, 7) is 5.72. The molecule has 1 aromatic carbocycles. The summed E-state index contributed by atoms with van der Waals surface area (Å²) in [4.78, 5) is 10.1. The zero-order valence-electron chi connectivity index (χ0n) is 14.3. The molecule has 0 radical (unpaired) electrons. The summed E-state index contributed by atoms with van der Waals surface area (Å²) >= 11 is 0. The van der Waals surface area contributed by atoms with Crippen LogP contribution in [0.3, 0.4) is 0 Å². The molecule has 1 aliphatic heterocycles. The van der Waals surface area contributed by atoms with Gasteiger partial charge in [-0.2, -0.15) is 0 Å². The number of H-pyrrole nitrogens is 1. The van der Waals surface area contributed by atoms with E-state index >= 15 is 0 Å². The van der Waals surface area contributed by atoms with Gasteiger partial charge in [-0.1, -0.05) is 5.10 Å². The van der Waals surface area contributed by atoms with Crippen LogP contribution in [0.5, 0.6) is 0 Å². The van der Waals surface area contributed by atoms with Gasteiger partial charge in [0.05, 0.1) is 5.69 Å². The van der Waals surface area contributed by atoms with E-state index in [0.717, 1.165) is 43.1 Å². The number of imidazole rings is 1. The predicted molar refractivity (Wildman–Crippen MR) is 91.9 cm³/mol. The van der Waals surface area contributed by atoms with Crippen LogP contribution in [0.2, 0.25) is 0 Å². The standard InChI is InChI=1S/C18H20FN5O/c1-11-12(2)21-16(20-11)14-4-3-9-24(10-14)18-23-22-17(25-18)13-5-7-15(19)8-6-13/h5-8,14H,3-4,9-10H2,1-2H3,(H,20,21). The number of nitrogens with one attached hydrogen (secondary N) is 1. The van der Waals surface area contributed by atoms with Crippen molar-refractivity contribution in [1.82, 2.24) is 20.2 Å². The van der Waals surface area contributed by atoms with Crippen molar-refractivity contribution < 1.29 is 8.81 Å². The molecule has 1 fully saturated rings. The molecule has 3 aromatic rings. The fourth-order valence-electron chi connectivity index (χ4n) is 3.19. The molecule has 1 aliphatic rings. The van der Waals surface area contributed by atoms with Crippen molar-refractivity contribution in [1.29, 1.82) is 0 Å². The molecular formula is C18H20FN5O. The van der Waals surface area contributed by atoms with Crippen LogP contribution < -0.4 is 4.90 Å². The quantitative estimate of drug-likeness (QED) is 0.788. The minimum absolute atomic E-state index is 0.286. The van der Waals surface area contributed by atoms with E-state index in [1.807, 2.05) is 13.8 Å². The molecule has 4 rings (SSSR count). The second-order valence-corrected chi connectivity index (χ2v) is 6.51. The minimum atomic E-state index is -0.286. The van der Waals surface area contributed by atoms with Crippen molar-refractivity contribution in [2.24, 2.45) is 0 Å². The lowest BCUT2D eigenvalue weighted by atomic mass is 9.98. The van der Waals surface area contributed by atoms with Gasteiger partial charge in [-0.15, -0.1) is 5.10 Å². The lowest BCUT2D eigenvalue weighted by Gasteiger charge is -2.30. The molecule has 7 heteroatoms. The summed E-state index contributed by atoms with van der Waals surface area (Å²) in [7, 11) is 0. The van der Waals surface area contributed by atoms with Crippen LogP contribution in [0.15, 0.2) is 28.7 Å². The Kier molecular flexibility index (Phi) is 3.99. The average molecular weight is 341 g/mol. The third-order valence-corrected chi connectivity index (χ3v) is 4.73. The number of hydrogen-bond acceptors (Lipinski definition) is 5. The minimum Gasteiger partial charge on any atom is -0.403 e. The molecule has 1 unspecified atom stereocenters. The number of benzene rings is 1. The normalized spacial score (nSPS) is 17.9. The van der Waals surface area contributed by atoms with Crippen molar-refractivity contribution >= 4 is 6.01 Å². The van der Waals surface area contributed by atoms with Crippen LogP contribution in [0.4, 0.5) is 10.4 Å². The Morgan fingerprint density at radius 3 is 2.72 bits per heavy atom. The highest BCUT2D eigenvalue weighted by Gasteiger charge is 2.27. The third kappa shape index (κ3) is 3.14. The van der Waals surface area contributed by atoms with E-state index in [2.05, 4.69) is 25.1 Å². The van der Waals surface area contributed by atoms with Gasteiger partial charge in [-0.25, -0.2) is 9.37 Å². The Labute approximate surface area is 145 Å². The Hall–Kier alpha value is -2.70. The van der Waals surface area contributed by atoms with Crippen LogP contribution in [0.25, 0.3) is 11.5 Å². The van der Waals surface area contributed by atoms with Gasteiger partial charge in [0.2, 0.25) is 5.89 Å². The third-order valence-electron chi connectivity index (χ3n) is 4.73. The molecule has 0 bridgehead atoms. The maximum atomic E-state index is 13.0. The van der Waals surface area contributed by atoms with Crippen molar-refractivity contribution in [3.05, 3.63) is 47.3 Å². The number of halogens is 1. The molecule has 1 saturated heterocycles. The van der Waals surface area contributed by atoms with E-state index in [9.17, 15) is 4.39 Å². The highest BCUT2D eigenvalue weighted by atomic mass is 19.1. The van der Waals surface area contributed by atoms with Crippen LogP contribution in [0.1, 0.15) is 36.0 Å². The number of nitrogens with zero attached hydrogens (tertiary/aromatic N) is 4. The first kappa shape index (κ1) is 15.8. The van der Waals surface area contributed by atoms with Crippen LogP contribution in [-0.2, 0) is 0 Å². The van der Waals surface area contributed by atoms with E-state index in [1.54, 1.807) is 12.1 Å². The molecule has 0 aliphatic carbocycles. The summed E-state index contributed by atoms with van der Waals surface area (Å²) < 4.78 is 18.9. The van der Waals surface area contributed by atoms with Crippen molar-refractivity contribution in [2.45, 2.75) is 32.6 Å². The number of piperidine rings is 1. The molecule has 2 aromatic heterocycles. The van der Waals surface area contributed by atoms with Crippen molar-refractivity contribution in [2.75, 3.05) is 18.0 Å². The smallest absolute Gasteiger partial charge is 0.318 e. The van der Waals surface area contributed by atoms with Crippen molar-refractivity contribution in [3.63, 3.8) is 0 Å². The molecular weight excluding hydrogens is 321 g/mol. The first-order valence-corrected chi connectivity index (χ1v) is 8.47. The Bertz CT molecular complexity index is 850. The molecule has 0 saturated carbocycles. The molecule has 1 atom stereocenters. The summed E-state index contributed by atoms with van der Waals surface area (Å²) in [6.07, 6.45) is 2.12. The molecule has 130 valence electrons. The van der Waals surface area contributed by atoms with Crippen LogP contribution in [0, 0.1) is 19.7 Å². The monoisotopic (exact) mass is 341 g/mol. The predicted octanol–water partition coefficient (Wildman–Crippen LogP) is 3.60. The van der Waals surface area contributed by atoms with Crippen LogP contribution in [-0.4, -0.2) is 33.3 Å². The maximum Gasteiger partial charge on any atom is 0.318 e. The lowest BCUT2D eigenvalue weighted by molar-refractivity contribution is 0.453. The van der Waals surface area contributed by atoms with Gasteiger partial charge in [-0.3, -0.25) is 0 Å². The SMILES string of the molecule is Cc1nc(C2CCCN(c3nnc(-c4ccc(F)cc4)o3)C2)[nH]c1C. The fourth-order valence-corrected chi connectivity index (χ4v) is 3.19. The highest BCUT2D eigenvalue weighted by molar-refractivity contribution is 5.53. The topological polar surface area (TPSA) is 70.8 Å². The number of hydrogen-bond donors (Lipinski definition) is 1. The largest absolute Gasteiger partial charge is 0.403 e. The van der Waals surface area contributed by atoms with E-state index in [1.165, 1.54) is 12.1 Å². The lowest BCUT2D eigenvalue weighted by Crippen LogP contribution is -2.35. The van der Waals surface area contributed by atoms with Gasteiger partial charge in [0.15, 0.2) is 0 Å². The van der Waals surface area contributed by atoms with Gasteiger partial charge in [0.25, 0.3) is 0 Å². The molecule has 6 nitrogen and oxygen atoms in total. The number of aryl methyl sites for hydroxylation is 2. The van der Waals surface area contributed by atoms with Gasteiger partial charge in [-0.05, 0) is 51.0 Å². The Morgan fingerprint density at radius 1 is 1.20 bits per heavy atom. The number of anilines is 1. The summed E-state index contributed by atoms with van der Waals surface area (Å²) in [5.41, 5.74) is 2.87. The number of aromatic nitrogens is 4. The Morgan fingerprint density at radius 2 is 2.00 bits per heavy atom. The summed E-state index contributed by atoms with van der Waals surface area (Å²) in [6, 6.07) is 6.55. The molecule has 3 heterocycles. The van der Waals surface area contributed by atoms with E-state index in [4.69, 9.17) is 4.42 Å². The zero-order chi connectivity index (χ0) is 17.4. The highest BCUT2D eigenvalue weighted by Crippen LogP contribution is 2.30. The van der Waals surface area contributed by atoms with E-state index in [0.29, 0.717) is 23.4 Å². The van der Waals surface area contributed by atoms with Crippen LogP contribution >= 0.6 is 0 Å². The van der Waals surface area contributed by atoms with Gasteiger partial charge >= 0.3 is 6.01 Å². The van der Waals surface area contributed by atoms with Crippen molar-refractivity contribution in [3.8, 4) is 11.5 Å². The fraction of sp³-hybridized carbons (Fsp3) is 0.389. The Balaban J connectivity index is 1.52. The average Bonchev–Trinajstić information content (AvgIpc) is 3.23. The van der Waals surface area contributed by atoms with E-state index in [-0.39, 0.29) is 5.82 Å². The maximum absolute atomic E-state index is 13.0. The van der Waals surface area contributed by atoms with Gasteiger partial charge in [0, 0.05) is 30.3 Å². The van der Waals surface area contributed by atoms with Gasteiger partial charge < -0.3 is 14.3 Å². The second-order valence-electron chi connectivity index (χ2n) is 6.51.